The largest absolute Gasteiger partial charge is 0.330 e. The molecule has 0 aliphatic rings. The van der Waals surface area contributed by atoms with Gasteiger partial charge in [0, 0.05) is 29.5 Å². The number of hydrogen-bond acceptors (Lipinski definition) is 3. The van der Waals surface area contributed by atoms with Crippen LogP contribution < -0.4 is 5.73 Å². The fraction of sp³-hybridized carbons (Fsp3) is 0.250. The van der Waals surface area contributed by atoms with Crippen LogP contribution in [0.3, 0.4) is 0 Å². The summed E-state index contributed by atoms with van der Waals surface area (Å²) >= 11 is 1.44. The predicted molar refractivity (Wildman–Crippen MR) is 64.9 cm³/mol. The highest BCUT2D eigenvalue weighted by atomic mass is 32.1. The van der Waals surface area contributed by atoms with Crippen molar-refractivity contribution in [2.45, 2.75) is 12.8 Å². The van der Waals surface area contributed by atoms with Gasteiger partial charge in [0.2, 0.25) is 0 Å². The van der Waals surface area contributed by atoms with Crippen molar-refractivity contribution in [1.29, 1.82) is 0 Å². The fourth-order valence-electron chi connectivity index (χ4n) is 1.44. The molecule has 0 saturated heterocycles. The molecule has 0 amide bonds. The molecule has 17 heavy (non-hydrogen) atoms. The highest BCUT2D eigenvalue weighted by molar-refractivity contribution is 7.10. The summed E-state index contributed by atoms with van der Waals surface area (Å²) in [6.45, 7) is 2.46. The van der Waals surface area contributed by atoms with E-state index in [1.165, 1.54) is 23.5 Å². The van der Waals surface area contributed by atoms with E-state index in [1.54, 1.807) is 5.38 Å². The summed E-state index contributed by atoms with van der Waals surface area (Å²) in [6.07, 6.45) is 0. The molecule has 1 aromatic heterocycles. The van der Waals surface area contributed by atoms with Crippen LogP contribution in [0, 0.1) is 11.6 Å². The molecule has 0 bridgehead atoms. The molecule has 1 unspecified atom stereocenters. The molecule has 2 nitrogen and oxygen atoms in total. The first-order valence-electron chi connectivity index (χ1n) is 5.22. The average Bonchev–Trinajstić information content (AvgIpc) is 2.77. The number of hydrogen-bond donors (Lipinski definition) is 1. The second-order valence-electron chi connectivity index (χ2n) is 3.83. The highest BCUT2D eigenvalue weighted by Crippen LogP contribution is 2.28. The minimum Gasteiger partial charge on any atom is -0.330 e. The summed E-state index contributed by atoms with van der Waals surface area (Å²) in [4.78, 5) is 4.32. The van der Waals surface area contributed by atoms with Gasteiger partial charge in [0.25, 0.3) is 0 Å². The van der Waals surface area contributed by atoms with Crippen molar-refractivity contribution in [3.63, 3.8) is 0 Å². The normalized spacial score (nSPS) is 12.7. The second kappa shape index (κ2) is 4.89. The lowest BCUT2D eigenvalue weighted by atomic mass is 10.1. The first-order valence-corrected chi connectivity index (χ1v) is 6.10. The smallest absolute Gasteiger partial charge is 0.135 e. The second-order valence-corrected chi connectivity index (χ2v) is 4.72. The van der Waals surface area contributed by atoms with Gasteiger partial charge in [0.1, 0.15) is 11.6 Å². The van der Waals surface area contributed by atoms with Crippen molar-refractivity contribution in [3.8, 4) is 11.3 Å². The Kier molecular flexibility index (Phi) is 3.49. The Bertz CT molecular complexity index is 525. The zero-order valence-corrected chi connectivity index (χ0v) is 10.1. The van der Waals surface area contributed by atoms with Gasteiger partial charge < -0.3 is 5.73 Å². The van der Waals surface area contributed by atoms with Crippen molar-refractivity contribution in [2.75, 3.05) is 6.54 Å². The van der Waals surface area contributed by atoms with Gasteiger partial charge in [-0.15, -0.1) is 11.3 Å². The number of benzene rings is 1. The summed E-state index contributed by atoms with van der Waals surface area (Å²) in [7, 11) is 0. The van der Waals surface area contributed by atoms with Gasteiger partial charge in [0.15, 0.2) is 0 Å². The molecule has 0 aliphatic carbocycles. The quantitative estimate of drug-likeness (QED) is 0.913. The van der Waals surface area contributed by atoms with E-state index < -0.39 is 11.6 Å². The molecular formula is C12H12F2N2S. The maximum absolute atomic E-state index is 13.5. The molecule has 0 aliphatic heterocycles. The number of rotatable bonds is 3. The maximum atomic E-state index is 13.5. The maximum Gasteiger partial charge on any atom is 0.135 e. The Morgan fingerprint density at radius 3 is 2.82 bits per heavy atom. The highest BCUT2D eigenvalue weighted by Gasteiger charge is 2.13. The Labute approximate surface area is 102 Å². The van der Waals surface area contributed by atoms with Gasteiger partial charge in [-0.25, -0.2) is 13.8 Å². The molecule has 90 valence electrons. The van der Waals surface area contributed by atoms with E-state index in [4.69, 9.17) is 5.73 Å². The summed E-state index contributed by atoms with van der Waals surface area (Å²) in [6, 6.07) is 3.49. The standard InChI is InChI=1S/C12H12F2N2S/c1-7(5-15)12-16-11(6-17-12)9-3-2-8(13)4-10(9)14/h2-4,6-7H,5,15H2,1H3. The van der Waals surface area contributed by atoms with Crippen LogP contribution in [0.4, 0.5) is 8.78 Å². The first kappa shape index (κ1) is 12.1. The van der Waals surface area contributed by atoms with Crippen molar-refractivity contribution < 1.29 is 8.78 Å². The van der Waals surface area contributed by atoms with Gasteiger partial charge in [-0.2, -0.15) is 0 Å². The molecule has 0 fully saturated rings. The summed E-state index contributed by atoms with van der Waals surface area (Å²) in [5.74, 6) is -1.03. The molecule has 0 saturated carbocycles. The van der Waals surface area contributed by atoms with Gasteiger partial charge >= 0.3 is 0 Å². The Balaban J connectivity index is 2.37. The van der Waals surface area contributed by atoms with Crippen LogP contribution in [0.15, 0.2) is 23.6 Å². The number of nitrogens with zero attached hydrogens (tertiary/aromatic N) is 1. The zero-order valence-electron chi connectivity index (χ0n) is 9.28. The lowest BCUT2D eigenvalue weighted by Gasteiger charge is -2.02. The lowest BCUT2D eigenvalue weighted by Crippen LogP contribution is -2.08. The van der Waals surface area contributed by atoms with Crippen LogP contribution in [0.25, 0.3) is 11.3 Å². The molecule has 5 heteroatoms. The fourth-order valence-corrected chi connectivity index (χ4v) is 2.33. The lowest BCUT2D eigenvalue weighted by molar-refractivity contribution is 0.585. The van der Waals surface area contributed by atoms with Crippen LogP contribution in [-0.4, -0.2) is 11.5 Å². The first-order chi connectivity index (χ1) is 8.11. The monoisotopic (exact) mass is 254 g/mol. The Morgan fingerprint density at radius 2 is 2.18 bits per heavy atom. The molecule has 0 radical (unpaired) electrons. The molecule has 2 aromatic rings. The Hall–Kier alpha value is -1.33. The number of nitrogens with two attached hydrogens (primary N) is 1. The van der Waals surface area contributed by atoms with Gasteiger partial charge in [0.05, 0.1) is 10.7 Å². The van der Waals surface area contributed by atoms with E-state index in [-0.39, 0.29) is 5.92 Å². The molecule has 1 atom stereocenters. The van der Waals surface area contributed by atoms with E-state index in [1.807, 2.05) is 6.92 Å². The Morgan fingerprint density at radius 1 is 1.41 bits per heavy atom. The van der Waals surface area contributed by atoms with E-state index in [0.717, 1.165) is 11.1 Å². The average molecular weight is 254 g/mol. The minimum absolute atomic E-state index is 0.150. The van der Waals surface area contributed by atoms with Crippen molar-refractivity contribution >= 4 is 11.3 Å². The third kappa shape index (κ3) is 2.50. The van der Waals surface area contributed by atoms with Crippen molar-refractivity contribution in [3.05, 3.63) is 40.2 Å². The van der Waals surface area contributed by atoms with E-state index in [0.29, 0.717) is 17.8 Å². The van der Waals surface area contributed by atoms with Crippen molar-refractivity contribution in [1.82, 2.24) is 4.98 Å². The summed E-state index contributed by atoms with van der Waals surface area (Å²) in [5, 5.41) is 2.63. The van der Waals surface area contributed by atoms with E-state index in [9.17, 15) is 8.78 Å². The third-order valence-electron chi connectivity index (χ3n) is 2.50. The van der Waals surface area contributed by atoms with Gasteiger partial charge in [-0.05, 0) is 12.1 Å². The third-order valence-corrected chi connectivity index (χ3v) is 3.58. The van der Waals surface area contributed by atoms with Gasteiger partial charge in [-0.3, -0.25) is 0 Å². The minimum atomic E-state index is -0.595. The molecular weight excluding hydrogens is 242 g/mol. The van der Waals surface area contributed by atoms with E-state index in [2.05, 4.69) is 4.98 Å². The molecule has 1 aromatic carbocycles. The summed E-state index contributed by atoms with van der Waals surface area (Å²) < 4.78 is 26.3. The topological polar surface area (TPSA) is 38.9 Å². The van der Waals surface area contributed by atoms with Crippen LogP contribution in [0.1, 0.15) is 17.8 Å². The number of aromatic nitrogens is 1. The molecule has 2 N–H and O–H groups in total. The molecule has 1 heterocycles. The molecule has 2 rings (SSSR count). The van der Waals surface area contributed by atoms with Crippen LogP contribution in [0.5, 0.6) is 0 Å². The van der Waals surface area contributed by atoms with Gasteiger partial charge in [-0.1, -0.05) is 6.92 Å². The van der Waals surface area contributed by atoms with Crippen molar-refractivity contribution in [2.24, 2.45) is 5.73 Å². The SMILES string of the molecule is CC(CN)c1nc(-c2ccc(F)cc2F)cs1. The number of thiazole rings is 1. The zero-order chi connectivity index (χ0) is 12.4. The van der Waals surface area contributed by atoms with Crippen LogP contribution in [0.2, 0.25) is 0 Å². The molecule has 0 spiro atoms. The van der Waals surface area contributed by atoms with Crippen LogP contribution in [-0.2, 0) is 0 Å². The number of halogens is 2. The van der Waals surface area contributed by atoms with Crippen LogP contribution >= 0.6 is 11.3 Å². The summed E-state index contributed by atoms with van der Waals surface area (Å²) in [5.41, 5.74) is 6.39. The van der Waals surface area contributed by atoms with E-state index >= 15 is 0 Å². The predicted octanol–water partition coefficient (Wildman–Crippen LogP) is 3.15.